The molecule has 1 aliphatic rings. The maximum atomic E-state index is 8.89. The van der Waals surface area contributed by atoms with Gasteiger partial charge in [-0.15, -0.1) is 0 Å². The second-order valence-electron chi connectivity index (χ2n) is 5.27. The summed E-state index contributed by atoms with van der Waals surface area (Å²) in [6.45, 7) is 5.17. The standard InChI is InChI=1S/C15H21N3/c1-11-8-14(5-4-13(11)9-16)17-10-12(2)18(3)15-6-7-15/h4-5,8,12,15,17H,6-7,10H2,1-3H3. The zero-order chi connectivity index (χ0) is 13.1. The van der Waals surface area contributed by atoms with Gasteiger partial charge in [-0.3, -0.25) is 4.90 Å². The maximum absolute atomic E-state index is 8.89. The molecule has 1 unspecified atom stereocenters. The van der Waals surface area contributed by atoms with Gasteiger partial charge in [0.25, 0.3) is 0 Å². The summed E-state index contributed by atoms with van der Waals surface area (Å²) in [7, 11) is 2.20. The number of aryl methyl sites for hydroxylation is 1. The lowest BCUT2D eigenvalue weighted by molar-refractivity contribution is 0.257. The predicted octanol–water partition coefficient (Wildman–Crippen LogP) is 2.76. The van der Waals surface area contributed by atoms with E-state index in [-0.39, 0.29) is 0 Å². The van der Waals surface area contributed by atoms with E-state index in [4.69, 9.17) is 5.26 Å². The SMILES string of the molecule is Cc1cc(NCC(C)N(C)C2CC2)ccc1C#N. The van der Waals surface area contributed by atoms with Crippen molar-refractivity contribution in [3.8, 4) is 6.07 Å². The molecule has 0 saturated heterocycles. The minimum Gasteiger partial charge on any atom is -0.383 e. The molecule has 1 fully saturated rings. The molecule has 0 amide bonds. The van der Waals surface area contributed by atoms with Gasteiger partial charge in [0.1, 0.15) is 0 Å². The Bertz CT molecular complexity index is 457. The fourth-order valence-electron chi connectivity index (χ4n) is 2.15. The lowest BCUT2D eigenvalue weighted by Gasteiger charge is -2.25. The Balaban J connectivity index is 1.89. The van der Waals surface area contributed by atoms with Crippen molar-refractivity contribution >= 4 is 5.69 Å². The first-order valence-corrected chi connectivity index (χ1v) is 6.58. The van der Waals surface area contributed by atoms with E-state index in [0.717, 1.165) is 29.4 Å². The summed E-state index contributed by atoms with van der Waals surface area (Å²) in [5.41, 5.74) is 2.89. The largest absolute Gasteiger partial charge is 0.383 e. The lowest BCUT2D eigenvalue weighted by Crippen LogP contribution is -2.36. The molecular weight excluding hydrogens is 222 g/mol. The van der Waals surface area contributed by atoms with Crippen LogP contribution in [-0.2, 0) is 0 Å². The molecular formula is C15H21N3. The lowest BCUT2D eigenvalue weighted by atomic mass is 10.1. The molecule has 1 aromatic carbocycles. The van der Waals surface area contributed by atoms with Gasteiger partial charge in [0.2, 0.25) is 0 Å². The Labute approximate surface area is 109 Å². The molecule has 0 radical (unpaired) electrons. The Morgan fingerprint density at radius 1 is 1.50 bits per heavy atom. The molecule has 0 spiro atoms. The summed E-state index contributed by atoms with van der Waals surface area (Å²) in [5.74, 6) is 0. The number of hydrogen-bond acceptors (Lipinski definition) is 3. The summed E-state index contributed by atoms with van der Waals surface area (Å²) >= 11 is 0. The zero-order valence-electron chi connectivity index (χ0n) is 11.4. The first-order chi connectivity index (χ1) is 8.61. The van der Waals surface area contributed by atoms with Crippen LogP contribution >= 0.6 is 0 Å². The summed E-state index contributed by atoms with van der Waals surface area (Å²) in [4.78, 5) is 2.45. The van der Waals surface area contributed by atoms with Crippen LogP contribution in [0.25, 0.3) is 0 Å². The van der Waals surface area contributed by atoms with E-state index in [2.05, 4.69) is 30.3 Å². The molecule has 3 nitrogen and oxygen atoms in total. The van der Waals surface area contributed by atoms with E-state index in [0.29, 0.717) is 6.04 Å². The third-order valence-electron chi connectivity index (χ3n) is 3.77. The van der Waals surface area contributed by atoms with Gasteiger partial charge in [0, 0.05) is 24.3 Å². The molecule has 0 aliphatic heterocycles. The monoisotopic (exact) mass is 243 g/mol. The Kier molecular flexibility index (Phi) is 3.88. The predicted molar refractivity (Wildman–Crippen MR) is 74.6 cm³/mol. The molecule has 0 heterocycles. The van der Waals surface area contributed by atoms with Gasteiger partial charge in [-0.1, -0.05) is 0 Å². The van der Waals surface area contributed by atoms with E-state index in [1.165, 1.54) is 12.8 Å². The summed E-state index contributed by atoms with van der Waals surface area (Å²) in [5, 5.41) is 12.3. The van der Waals surface area contributed by atoms with Crippen molar-refractivity contribution in [3.63, 3.8) is 0 Å². The second-order valence-corrected chi connectivity index (χ2v) is 5.27. The van der Waals surface area contributed by atoms with E-state index in [1.54, 1.807) is 0 Å². The van der Waals surface area contributed by atoms with Crippen LogP contribution in [0.5, 0.6) is 0 Å². The van der Waals surface area contributed by atoms with Gasteiger partial charge >= 0.3 is 0 Å². The second kappa shape index (κ2) is 5.41. The Morgan fingerprint density at radius 2 is 2.22 bits per heavy atom. The highest BCUT2D eigenvalue weighted by atomic mass is 15.2. The van der Waals surface area contributed by atoms with Crippen molar-refractivity contribution in [2.75, 3.05) is 18.9 Å². The summed E-state index contributed by atoms with van der Waals surface area (Å²) in [6, 6.07) is 9.43. The minimum atomic E-state index is 0.536. The van der Waals surface area contributed by atoms with Crippen LogP contribution in [0.1, 0.15) is 30.9 Å². The molecule has 1 N–H and O–H groups in total. The van der Waals surface area contributed by atoms with Crippen molar-refractivity contribution < 1.29 is 0 Å². The average molecular weight is 243 g/mol. The third-order valence-corrected chi connectivity index (χ3v) is 3.77. The highest BCUT2D eigenvalue weighted by Crippen LogP contribution is 2.27. The molecule has 1 aliphatic carbocycles. The quantitative estimate of drug-likeness (QED) is 0.864. The number of anilines is 1. The van der Waals surface area contributed by atoms with Crippen molar-refractivity contribution in [3.05, 3.63) is 29.3 Å². The maximum Gasteiger partial charge on any atom is 0.0994 e. The van der Waals surface area contributed by atoms with Crippen LogP contribution in [0, 0.1) is 18.3 Å². The number of nitriles is 1. The molecule has 2 rings (SSSR count). The van der Waals surface area contributed by atoms with Crippen LogP contribution in [0.2, 0.25) is 0 Å². The van der Waals surface area contributed by atoms with E-state index < -0.39 is 0 Å². The molecule has 0 bridgehead atoms. The number of likely N-dealkylation sites (N-methyl/N-ethyl adjacent to an activating group) is 1. The summed E-state index contributed by atoms with van der Waals surface area (Å²) < 4.78 is 0. The van der Waals surface area contributed by atoms with Gasteiger partial charge in [0.15, 0.2) is 0 Å². The minimum absolute atomic E-state index is 0.536. The molecule has 96 valence electrons. The number of hydrogen-bond donors (Lipinski definition) is 1. The van der Waals surface area contributed by atoms with Gasteiger partial charge < -0.3 is 5.32 Å². The zero-order valence-corrected chi connectivity index (χ0v) is 11.4. The molecule has 18 heavy (non-hydrogen) atoms. The van der Waals surface area contributed by atoms with E-state index in [1.807, 2.05) is 25.1 Å². The topological polar surface area (TPSA) is 39.1 Å². The number of nitrogens with one attached hydrogen (secondary N) is 1. The van der Waals surface area contributed by atoms with Crippen molar-refractivity contribution in [2.45, 2.75) is 38.8 Å². The Morgan fingerprint density at radius 3 is 2.78 bits per heavy atom. The van der Waals surface area contributed by atoms with Gasteiger partial charge in [-0.05, 0) is 57.5 Å². The van der Waals surface area contributed by atoms with E-state index in [9.17, 15) is 0 Å². The van der Waals surface area contributed by atoms with Gasteiger partial charge in [-0.2, -0.15) is 5.26 Å². The first kappa shape index (κ1) is 12.9. The van der Waals surface area contributed by atoms with Crippen LogP contribution in [0.15, 0.2) is 18.2 Å². The van der Waals surface area contributed by atoms with E-state index >= 15 is 0 Å². The third kappa shape index (κ3) is 3.02. The fraction of sp³-hybridized carbons (Fsp3) is 0.533. The van der Waals surface area contributed by atoms with Crippen LogP contribution in [-0.4, -0.2) is 30.6 Å². The summed E-state index contributed by atoms with van der Waals surface area (Å²) in [6.07, 6.45) is 2.69. The normalized spacial score (nSPS) is 16.4. The average Bonchev–Trinajstić information content (AvgIpc) is 3.19. The van der Waals surface area contributed by atoms with Crippen LogP contribution < -0.4 is 5.32 Å². The molecule has 1 aromatic rings. The van der Waals surface area contributed by atoms with Crippen LogP contribution in [0.3, 0.4) is 0 Å². The van der Waals surface area contributed by atoms with Gasteiger partial charge in [-0.25, -0.2) is 0 Å². The molecule has 3 heteroatoms. The van der Waals surface area contributed by atoms with Gasteiger partial charge in [0.05, 0.1) is 11.6 Å². The van der Waals surface area contributed by atoms with Crippen molar-refractivity contribution in [1.82, 2.24) is 4.90 Å². The molecule has 1 saturated carbocycles. The fourth-order valence-corrected chi connectivity index (χ4v) is 2.15. The highest BCUT2D eigenvalue weighted by Gasteiger charge is 2.28. The highest BCUT2D eigenvalue weighted by molar-refractivity contribution is 5.51. The first-order valence-electron chi connectivity index (χ1n) is 6.58. The van der Waals surface area contributed by atoms with Crippen LogP contribution in [0.4, 0.5) is 5.69 Å². The number of nitrogens with zero attached hydrogens (tertiary/aromatic N) is 2. The Hall–Kier alpha value is -1.53. The van der Waals surface area contributed by atoms with Crippen molar-refractivity contribution in [1.29, 1.82) is 5.26 Å². The number of rotatable bonds is 5. The molecule has 0 aromatic heterocycles. The smallest absolute Gasteiger partial charge is 0.0994 e. The molecule has 1 atom stereocenters. The number of benzene rings is 1. The van der Waals surface area contributed by atoms with Crippen molar-refractivity contribution in [2.24, 2.45) is 0 Å².